The average molecular weight is 303 g/mol. The third kappa shape index (κ3) is 2.57. The molecule has 1 N–H and O–H groups in total. The van der Waals surface area contributed by atoms with Gasteiger partial charge in [0.2, 0.25) is 0 Å². The molecular weight excluding hydrogens is 290 g/mol. The zero-order chi connectivity index (χ0) is 14.8. The van der Waals surface area contributed by atoms with Gasteiger partial charge in [0, 0.05) is 31.9 Å². The standard InChI is InChI=1S/C13H13N5O2S/c1-17-9(4-6-14-17)5-7-18-12(10-3-2-8-21-10)11(13(19)20)15-16-18/h2-4,6,8H,5,7H2,1H3,(H,19,20). The van der Waals surface area contributed by atoms with Crippen LogP contribution in [0.3, 0.4) is 0 Å². The van der Waals surface area contributed by atoms with E-state index < -0.39 is 5.97 Å². The molecule has 0 bridgehead atoms. The van der Waals surface area contributed by atoms with Gasteiger partial charge in [0.15, 0.2) is 5.69 Å². The van der Waals surface area contributed by atoms with E-state index >= 15 is 0 Å². The van der Waals surface area contributed by atoms with E-state index in [4.69, 9.17) is 0 Å². The molecule has 0 aliphatic rings. The van der Waals surface area contributed by atoms with Crippen molar-refractivity contribution in [2.75, 3.05) is 0 Å². The van der Waals surface area contributed by atoms with Crippen molar-refractivity contribution in [3.8, 4) is 10.6 Å². The highest BCUT2D eigenvalue weighted by Crippen LogP contribution is 2.27. The molecule has 0 aliphatic heterocycles. The minimum atomic E-state index is -1.06. The van der Waals surface area contributed by atoms with Crippen molar-refractivity contribution in [3.63, 3.8) is 0 Å². The maximum Gasteiger partial charge on any atom is 0.358 e. The molecule has 0 aromatic carbocycles. The summed E-state index contributed by atoms with van der Waals surface area (Å²) in [6.07, 6.45) is 2.44. The first kappa shape index (κ1) is 13.5. The quantitative estimate of drug-likeness (QED) is 0.775. The molecule has 108 valence electrons. The van der Waals surface area contributed by atoms with Crippen LogP contribution >= 0.6 is 11.3 Å². The van der Waals surface area contributed by atoms with E-state index in [1.165, 1.54) is 11.3 Å². The largest absolute Gasteiger partial charge is 0.476 e. The lowest BCUT2D eigenvalue weighted by Crippen LogP contribution is -2.08. The minimum Gasteiger partial charge on any atom is -0.476 e. The van der Waals surface area contributed by atoms with Crippen LogP contribution in [-0.4, -0.2) is 35.9 Å². The second-order valence-electron chi connectivity index (χ2n) is 4.49. The van der Waals surface area contributed by atoms with Crippen LogP contribution < -0.4 is 0 Å². The van der Waals surface area contributed by atoms with Crippen LogP contribution in [0.15, 0.2) is 29.8 Å². The van der Waals surface area contributed by atoms with Crippen molar-refractivity contribution >= 4 is 17.3 Å². The lowest BCUT2D eigenvalue weighted by Gasteiger charge is -2.06. The topological polar surface area (TPSA) is 85.8 Å². The zero-order valence-corrected chi connectivity index (χ0v) is 12.1. The van der Waals surface area contributed by atoms with Crippen LogP contribution in [-0.2, 0) is 20.0 Å². The lowest BCUT2D eigenvalue weighted by molar-refractivity contribution is 0.0691. The van der Waals surface area contributed by atoms with Gasteiger partial charge in [0.1, 0.15) is 5.69 Å². The van der Waals surface area contributed by atoms with Crippen molar-refractivity contribution in [1.82, 2.24) is 24.8 Å². The summed E-state index contributed by atoms with van der Waals surface area (Å²) < 4.78 is 3.43. The summed E-state index contributed by atoms with van der Waals surface area (Å²) in [6, 6.07) is 5.68. The normalized spacial score (nSPS) is 10.9. The summed E-state index contributed by atoms with van der Waals surface area (Å²) in [4.78, 5) is 12.1. The van der Waals surface area contributed by atoms with Crippen LogP contribution in [0.1, 0.15) is 16.2 Å². The fraction of sp³-hybridized carbons (Fsp3) is 0.231. The van der Waals surface area contributed by atoms with Crippen molar-refractivity contribution in [3.05, 3.63) is 41.2 Å². The number of nitrogens with zero attached hydrogens (tertiary/aromatic N) is 5. The van der Waals surface area contributed by atoms with E-state index in [1.807, 2.05) is 30.6 Å². The summed E-state index contributed by atoms with van der Waals surface area (Å²) in [5.41, 5.74) is 1.60. The van der Waals surface area contributed by atoms with Gasteiger partial charge < -0.3 is 5.11 Å². The Balaban J connectivity index is 1.92. The molecule has 3 aromatic rings. The Morgan fingerprint density at radius 3 is 2.90 bits per heavy atom. The van der Waals surface area contributed by atoms with Gasteiger partial charge in [-0.1, -0.05) is 11.3 Å². The molecule has 7 nitrogen and oxygen atoms in total. The predicted molar refractivity (Wildman–Crippen MR) is 77.2 cm³/mol. The SMILES string of the molecule is Cn1nccc1CCn1nnc(C(=O)O)c1-c1cccs1. The van der Waals surface area contributed by atoms with Crippen molar-refractivity contribution < 1.29 is 9.90 Å². The molecule has 0 saturated heterocycles. The van der Waals surface area contributed by atoms with Gasteiger partial charge in [0.05, 0.1) is 4.88 Å². The predicted octanol–water partition coefficient (Wildman–Crippen LogP) is 1.68. The Morgan fingerprint density at radius 1 is 1.43 bits per heavy atom. The van der Waals surface area contributed by atoms with Gasteiger partial charge >= 0.3 is 5.97 Å². The average Bonchev–Trinajstić information content (AvgIpc) is 3.16. The minimum absolute atomic E-state index is 0.0116. The Bertz CT molecular complexity index is 759. The van der Waals surface area contributed by atoms with Crippen LogP contribution in [0, 0.1) is 0 Å². The Morgan fingerprint density at radius 2 is 2.29 bits per heavy atom. The molecule has 0 spiro atoms. The first-order valence-electron chi connectivity index (χ1n) is 6.34. The van der Waals surface area contributed by atoms with Gasteiger partial charge in [0.25, 0.3) is 0 Å². The number of carbonyl (C=O) groups is 1. The summed E-state index contributed by atoms with van der Waals surface area (Å²) >= 11 is 1.47. The number of carboxylic acids is 1. The van der Waals surface area contributed by atoms with Crippen LogP contribution in [0.4, 0.5) is 0 Å². The maximum absolute atomic E-state index is 11.3. The van der Waals surface area contributed by atoms with Gasteiger partial charge in [-0.15, -0.1) is 16.4 Å². The first-order chi connectivity index (χ1) is 10.2. The number of aromatic nitrogens is 5. The summed E-state index contributed by atoms with van der Waals surface area (Å²) in [7, 11) is 1.87. The molecular formula is C13H13N5O2S. The molecule has 3 aromatic heterocycles. The molecule has 21 heavy (non-hydrogen) atoms. The van der Waals surface area contributed by atoms with Crippen LogP contribution in [0.5, 0.6) is 0 Å². The molecule has 0 amide bonds. The summed E-state index contributed by atoms with van der Waals surface area (Å²) in [5, 5.41) is 23.0. The number of hydrogen-bond acceptors (Lipinski definition) is 5. The third-order valence-electron chi connectivity index (χ3n) is 3.19. The zero-order valence-electron chi connectivity index (χ0n) is 11.3. The lowest BCUT2D eigenvalue weighted by atomic mass is 10.2. The second kappa shape index (κ2) is 5.49. The molecule has 3 heterocycles. The van der Waals surface area contributed by atoms with Crippen molar-refractivity contribution in [2.24, 2.45) is 7.05 Å². The van der Waals surface area contributed by atoms with Crippen molar-refractivity contribution in [1.29, 1.82) is 0 Å². The molecule has 0 fully saturated rings. The molecule has 3 rings (SSSR count). The van der Waals surface area contributed by atoms with Gasteiger partial charge in [-0.3, -0.25) is 4.68 Å². The molecule has 0 radical (unpaired) electrons. The highest BCUT2D eigenvalue weighted by Gasteiger charge is 2.21. The van der Waals surface area contributed by atoms with E-state index in [9.17, 15) is 9.90 Å². The highest BCUT2D eigenvalue weighted by atomic mass is 32.1. The molecule has 8 heteroatoms. The number of carboxylic acid groups (broad SMARTS) is 1. The fourth-order valence-corrected chi connectivity index (χ4v) is 2.91. The fourth-order valence-electron chi connectivity index (χ4n) is 2.14. The van der Waals surface area contributed by atoms with E-state index in [0.29, 0.717) is 18.7 Å². The van der Waals surface area contributed by atoms with Crippen LogP contribution in [0.25, 0.3) is 10.6 Å². The third-order valence-corrected chi connectivity index (χ3v) is 4.07. The molecule has 0 saturated carbocycles. The number of aryl methyl sites for hydroxylation is 3. The van der Waals surface area contributed by atoms with E-state index in [1.54, 1.807) is 15.6 Å². The number of rotatable bonds is 5. The number of hydrogen-bond donors (Lipinski definition) is 1. The number of aromatic carboxylic acids is 1. The Labute approximate surface area is 124 Å². The monoisotopic (exact) mass is 303 g/mol. The Kier molecular flexibility index (Phi) is 3.53. The summed E-state index contributed by atoms with van der Waals surface area (Å²) in [6.45, 7) is 0.549. The molecule has 0 atom stereocenters. The van der Waals surface area contributed by atoms with E-state index in [2.05, 4.69) is 15.4 Å². The smallest absolute Gasteiger partial charge is 0.358 e. The Hall–Kier alpha value is -2.48. The number of thiophene rings is 1. The molecule has 0 unspecified atom stereocenters. The molecule has 0 aliphatic carbocycles. The second-order valence-corrected chi connectivity index (χ2v) is 5.44. The van der Waals surface area contributed by atoms with Gasteiger partial charge in [-0.05, 0) is 17.5 Å². The first-order valence-corrected chi connectivity index (χ1v) is 7.22. The van der Waals surface area contributed by atoms with Crippen molar-refractivity contribution in [2.45, 2.75) is 13.0 Å². The highest BCUT2D eigenvalue weighted by molar-refractivity contribution is 7.13. The maximum atomic E-state index is 11.3. The summed E-state index contributed by atoms with van der Waals surface area (Å²) in [5.74, 6) is -1.06. The van der Waals surface area contributed by atoms with E-state index in [0.717, 1.165) is 10.6 Å². The van der Waals surface area contributed by atoms with Crippen LogP contribution in [0.2, 0.25) is 0 Å². The van der Waals surface area contributed by atoms with Gasteiger partial charge in [-0.25, -0.2) is 9.48 Å². The van der Waals surface area contributed by atoms with Gasteiger partial charge in [-0.2, -0.15) is 5.10 Å². The van der Waals surface area contributed by atoms with E-state index in [-0.39, 0.29) is 5.69 Å².